The van der Waals surface area contributed by atoms with Gasteiger partial charge in [-0.25, -0.2) is 4.98 Å². The fraction of sp³-hybridized carbons (Fsp3) is 0.318. The maximum atomic E-state index is 12.5. The van der Waals surface area contributed by atoms with Gasteiger partial charge in [-0.2, -0.15) is 0 Å². The van der Waals surface area contributed by atoms with Gasteiger partial charge in [0.2, 0.25) is 5.91 Å². The van der Waals surface area contributed by atoms with E-state index in [0.717, 1.165) is 16.6 Å². The van der Waals surface area contributed by atoms with E-state index in [4.69, 9.17) is 16.3 Å². The molecule has 0 aliphatic carbocycles. The second kappa shape index (κ2) is 10.6. The van der Waals surface area contributed by atoms with Gasteiger partial charge < -0.3 is 14.6 Å². The Kier molecular flexibility index (Phi) is 7.90. The van der Waals surface area contributed by atoms with Crippen LogP contribution in [0.1, 0.15) is 12.5 Å². The number of hydrogen-bond acceptors (Lipinski definition) is 5. The molecule has 6 nitrogen and oxygen atoms in total. The molecule has 0 fully saturated rings. The number of ether oxygens (including phenoxy) is 1. The Morgan fingerprint density at radius 1 is 1.23 bits per heavy atom. The lowest BCUT2D eigenvalue weighted by atomic mass is 10.0. The molecule has 0 aliphatic rings. The highest BCUT2D eigenvalue weighted by Crippen LogP contribution is 2.26. The van der Waals surface area contributed by atoms with Gasteiger partial charge in [-0.3, -0.25) is 9.59 Å². The van der Waals surface area contributed by atoms with Crippen LogP contribution in [0.25, 0.3) is 11.0 Å². The summed E-state index contributed by atoms with van der Waals surface area (Å²) >= 11 is 7.42. The van der Waals surface area contributed by atoms with E-state index in [1.165, 1.54) is 18.7 Å². The van der Waals surface area contributed by atoms with Gasteiger partial charge in [0.1, 0.15) is 0 Å². The first-order valence-electron chi connectivity index (χ1n) is 9.59. The van der Waals surface area contributed by atoms with Gasteiger partial charge in [-0.1, -0.05) is 53.7 Å². The number of ketones is 1. The zero-order chi connectivity index (χ0) is 21.5. The molecule has 2 aromatic carbocycles. The normalized spacial score (nSPS) is 12.1. The number of imidazole rings is 1. The maximum absolute atomic E-state index is 12.5. The Morgan fingerprint density at radius 2 is 2.00 bits per heavy atom. The summed E-state index contributed by atoms with van der Waals surface area (Å²) in [5, 5.41) is 4.17. The predicted octanol–water partition coefficient (Wildman–Crippen LogP) is 3.74. The molecule has 158 valence electrons. The van der Waals surface area contributed by atoms with Crippen molar-refractivity contribution in [3.63, 3.8) is 0 Å². The van der Waals surface area contributed by atoms with E-state index in [1.54, 1.807) is 13.2 Å². The summed E-state index contributed by atoms with van der Waals surface area (Å²) in [4.78, 5) is 29.2. The van der Waals surface area contributed by atoms with E-state index in [0.29, 0.717) is 29.8 Å². The molecule has 0 aliphatic heterocycles. The minimum atomic E-state index is -0.549. The van der Waals surface area contributed by atoms with Crippen molar-refractivity contribution in [1.82, 2.24) is 14.9 Å². The number of benzene rings is 2. The molecule has 8 heteroatoms. The number of amides is 1. The van der Waals surface area contributed by atoms with Gasteiger partial charge in [0.05, 0.1) is 29.4 Å². The third kappa shape index (κ3) is 5.84. The van der Waals surface area contributed by atoms with Gasteiger partial charge in [0, 0.05) is 18.7 Å². The highest BCUT2D eigenvalue weighted by molar-refractivity contribution is 7.99. The number of nitrogens with zero attached hydrogens (tertiary/aromatic N) is 2. The number of nitrogens with one attached hydrogen (secondary N) is 1. The number of hydrogen-bond donors (Lipinski definition) is 1. The number of Topliss-reactive ketones (excluding diaryl/α,β-unsaturated/α-hetero) is 1. The largest absolute Gasteiger partial charge is 0.383 e. The molecule has 0 radical (unpaired) electrons. The summed E-state index contributed by atoms with van der Waals surface area (Å²) in [6, 6.07) is 14.6. The van der Waals surface area contributed by atoms with Crippen molar-refractivity contribution in [3.05, 3.63) is 59.1 Å². The number of halogens is 1. The van der Waals surface area contributed by atoms with Crippen LogP contribution in [0, 0.1) is 0 Å². The zero-order valence-corrected chi connectivity index (χ0v) is 18.5. The first-order chi connectivity index (χ1) is 14.5. The van der Waals surface area contributed by atoms with Gasteiger partial charge >= 0.3 is 0 Å². The topological polar surface area (TPSA) is 73.2 Å². The van der Waals surface area contributed by atoms with E-state index in [9.17, 15) is 9.59 Å². The molecule has 1 unspecified atom stereocenters. The second-order valence-electron chi connectivity index (χ2n) is 6.88. The average Bonchev–Trinajstić information content (AvgIpc) is 3.07. The van der Waals surface area contributed by atoms with Crippen LogP contribution < -0.4 is 5.32 Å². The molecule has 1 aromatic heterocycles. The Bertz CT molecular complexity index is 1020. The molecule has 0 bridgehead atoms. The van der Waals surface area contributed by atoms with Crippen LogP contribution in [-0.2, 0) is 27.3 Å². The van der Waals surface area contributed by atoms with E-state index in [1.807, 2.05) is 47.0 Å². The molecular formula is C22H24ClN3O3S. The van der Waals surface area contributed by atoms with Crippen LogP contribution in [0.2, 0.25) is 5.02 Å². The van der Waals surface area contributed by atoms with Gasteiger partial charge in [-0.05, 0) is 37.1 Å². The van der Waals surface area contributed by atoms with Crippen molar-refractivity contribution in [1.29, 1.82) is 0 Å². The number of rotatable bonds is 10. The maximum Gasteiger partial charge on any atom is 0.231 e. The van der Waals surface area contributed by atoms with Gasteiger partial charge in [0.25, 0.3) is 0 Å². The number of carbonyl (C=O) groups is 2. The van der Waals surface area contributed by atoms with Crippen molar-refractivity contribution in [2.75, 3.05) is 19.5 Å². The highest BCUT2D eigenvalue weighted by Gasteiger charge is 2.19. The molecular weight excluding hydrogens is 422 g/mol. The quantitative estimate of drug-likeness (QED) is 0.481. The lowest BCUT2D eigenvalue weighted by molar-refractivity contribution is -0.125. The number of thioether (sulfide) groups is 1. The lowest BCUT2D eigenvalue weighted by Crippen LogP contribution is -2.42. The number of methoxy groups -OCH3 is 1. The Morgan fingerprint density at radius 3 is 2.70 bits per heavy atom. The van der Waals surface area contributed by atoms with Crippen LogP contribution in [0.5, 0.6) is 0 Å². The summed E-state index contributed by atoms with van der Waals surface area (Å²) in [7, 11) is 1.64. The van der Waals surface area contributed by atoms with Crippen molar-refractivity contribution >= 4 is 46.1 Å². The number of fused-ring (bicyclic) bond motifs is 1. The Balaban J connectivity index is 1.68. The predicted molar refractivity (Wildman–Crippen MR) is 120 cm³/mol. The van der Waals surface area contributed by atoms with E-state index >= 15 is 0 Å². The van der Waals surface area contributed by atoms with Gasteiger partial charge in [0.15, 0.2) is 10.9 Å². The SMILES string of the molecule is COCCn1c(SCC(=O)NC(Cc2ccccc2)C(C)=O)nc2cc(Cl)ccc21. The third-order valence-corrected chi connectivity index (χ3v) is 5.85. The van der Waals surface area contributed by atoms with E-state index in [-0.39, 0.29) is 17.4 Å². The fourth-order valence-electron chi connectivity index (χ4n) is 3.10. The van der Waals surface area contributed by atoms with Gasteiger partial charge in [-0.15, -0.1) is 0 Å². The van der Waals surface area contributed by atoms with Crippen LogP contribution >= 0.6 is 23.4 Å². The molecule has 1 amide bonds. The monoisotopic (exact) mass is 445 g/mol. The molecule has 3 rings (SSSR count). The van der Waals surface area contributed by atoms with Crippen LogP contribution in [0.3, 0.4) is 0 Å². The molecule has 0 spiro atoms. The Labute approximate surface area is 185 Å². The zero-order valence-electron chi connectivity index (χ0n) is 16.9. The number of carbonyl (C=O) groups excluding carboxylic acids is 2. The van der Waals surface area contributed by atoms with E-state index in [2.05, 4.69) is 10.3 Å². The van der Waals surface area contributed by atoms with Crippen LogP contribution in [0.15, 0.2) is 53.7 Å². The first-order valence-corrected chi connectivity index (χ1v) is 11.0. The molecule has 1 heterocycles. The summed E-state index contributed by atoms with van der Waals surface area (Å²) in [5.41, 5.74) is 2.71. The Hall–Kier alpha value is -2.35. The molecule has 1 atom stereocenters. The highest BCUT2D eigenvalue weighted by atomic mass is 35.5. The summed E-state index contributed by atoms with van der Waals surface area (Å²) in [5.74, 6) is -0.124. The van der Waals surface area contributed by atoms with E-state index < -0.39 is 6.04 Å². The summed E-state index contributed by atoms with van der Waals surface area (Å²) < 4.78 is 7.22. The summed E-state index contributed by atoms with van der Waals surface area (Å²) in [6.07, 6.45) is 0.470. The first kappa shape index (κ1) is 22.3. The minimum absolute atomic E-state index is 0.0702. The minimum Gasteiger partial charge on any atom is -0.383 e. The molecule has 0 saturated heterocycles. The standard InChI is InChI=1S/C22H24ClN3O3S/c1-15(27)18(12-16-6-4-3-5-7-16)24-21(28)14-30-22-25-19-13-17(23)8-9-20(19)26(22)10-11-29-2/h3-9,13,18H,10-12,14H2,1-2H3,(H,24,28). The molecule has 1 N–H and O–H groups in total. The molecule has 3 aromatic rings. The van der Waals surface area contributed by atoms with Crippen molar-refractivity contribution in [3.8, 4) is 0 Å². The third-order valence-electron chi connectivity index (χ3n) is 4.64. The molecule has 30 heavy (non-hydrogen) atoms. The van der Waals surface area contributed by atoms with Crippen molar-refractivity contribution < 1.29 is 14.3 Å². The van der Waals surface area contributed by atoms with Crippen LogP contribution in [0.4, 0.5) is 0 Å². The van der Waals surface area contributed by atoms with Crippen molar-refractivity contribution in [2.45, 2.75) is 31.1 Å². The van der Waals surface area contributed by atoms with Crippen LogP contribution in [-0.4, -0.2) is 46.8 Å². The smallest absolute Gasteiger partial charge is 0.231 e. The lowest BCUT2D eigenvalue weighted by Gasteiger charge is -2.16. The molecule has 0 saturated carbocycles. The second-order valence-corrected chi connectivity index (χ2v) is 8.26. The number of aromatic nitrogens is 2. The summed E-state index contributed by atoms with van der Waals surface area (Å²) in [6.45, 7) is 2.63. The average molecular weight is 446 g/mol. The fourth-order valence-corrected chi connectivity index (χ4v) is 4.12. The van der Waals surface area contributed by atoms with Crippen molar-refractivity contribution in [2.24, 2.45) is 0 Å².